The Bertz CT molecular complexity index is 1020. The Kier molecular flexibility index (Phi) is 9.98. The third-order valence-electron chi connectivity index (χ3n) is 6.13. The van der Waals surface area contributed by atoms with Crippen molar-refractivity contribution in [3.63, 3.8) is 0 Å². The first kappa shape index (κ1) is 26.6. The molecule has 0 spiro atoms. The van der Waals surface area contributed by atoms with E-state index in [1.54, 1.807) is 0 Å². The molecule has 0 radical (unpaired) electrons. The van der Waals surface area contributed by atoms with Gasteiger partial charge in [-0.1, -0.05) is 26.2 Å². The number of esters is 1. The normalized spacial score (nSPS) is 17.6. The topological polar surface area (TPSA) is 68.6 Å². The van der Waals surface area contributed by atoms with Gasteiger partial charge in [0.25, 0.3) is 0 Å². The third-order valence-corrected chi connectivity index (χ3v) is 6.13. The van der Waals surface area contributed by atoms with Crippen LogP contribution >= 0.6 is 0 Å². The van der Waals surface area contributed by atoms with E-state index in [0.717, 1.165) is 44.8 Å². The van der Waals surface area contributed by atoms with Crippen LogP contribution in [0, 0.1) is 34.7 Å². The fourth-order valence-electron chi connectivity index (χ4n) is 4.09. The van der Waals surface area contributed by atoms with E-state index in [1.807, 2.05) is 0 Å². The van der Waals surface area contributed by atoms with Crippen molar-refractivity contribution >= 4 is 5.97 Å². The van der Waals surface area contributed by atoms with Crippen LogP contribution in [0.5, 0.6) is 11.5 Å². The Morgan fingerprint density at radius 3 is 2.29 bits per heavy atom. The summed E-state index contributed by atoms with van der Waals surface area (Å²) in [5.74, 6) is -4.18. The zero-order valence-corrected chi connectivity index (χ0v) is 19.8. The average molecular weight is 490 g/mol. The van der Waals surface area contributed by atoms with Gasteiger partial charge in [-0.3, -0.25) is 0 Å². The number of carbonyl (C=O) groups excluding carboxylic acids is 1. The van der Waals surface area contributed by atoms with Gasteiger partial charge in [0.2, 0.25) is 0 Å². The minimum atomic E-state index is -1.17. The van der Waals surface area contributed by atoms with E-state index in [2.05, 4.69) is 6.92 Å². The highest BCUT2D eigenvalue weighted by Crippen LogP contribution is 2.28. The molecule has 1 aliphatic carbocycles. The molecule has 0 N–H and O–H groups in total. The third kappa shape index (κ3) is 7.72. The maximum Gasteiger partial charge on any atom is 0.346 e. The molecule has 1 fully saturated rings. The van der Waals surface area contributed by atoms with E-state index in [1.165, 1.54) is 37.5 Å². The molecular formula is C27H30F3NO4. The summed E-state index contributed by atoms with van der Waals surface area (Å²) in [4.78, 5) is 12.3. The van der Waals surface area contributed by atoms with E-state index in [0.29, 0.717) is 30.8 Å². The van der Waals surface area contributed by atoms with Gasteiger partial charge < -0.3 is 14.2 Å². The van der Waals surface area contributed by atoms with Crippen LogP contribution in [0.3, 0.4) is 0 Å². The van der Waals surface area contributed by atoms with E-state index >= 15 is 0 Å². The Morgan fingerprint density at radius 1 is 0.971 bits per heavy atom. The van der Waals surface area contributed by atoms with Crippen LogP contribution in [-0.2, 0) is 4.74 Å². The lowest BCUT2D eigenvalue weighted by Crippen LogP contribution is -2.25. The van der Waals surface area contributed by atoms with E-state index in [9.17, 15) is 18.0 Å². The summed E-state index contributed by atoms with van der Waals surface area (Å²) < 4.78 is 58.5. The molecular weight excluding hydrogens is 459 g/mol. The van der Waals surface area contributed by atoms with Crippen LogP contribution in [0.1, 0.15) is 74.2 Å². The van der Waals surface area contributed by atoms with Crippen LogP contribution in [-0.4, -0.2) is 25.3 Å². The van der Waals surface area contributed by atoms with Crippen molar-refractivity contribution in [1.82, 2.24) is 0 Å². The summed E-state index contributed by atoms with van der Waals surface area (Å²) in [5, 5.41) is 8.70. The molecule has 0 unspecified atom stereocenters. The smallest absolute Gasteiger partial charge is 0.346 e. The number of halogens is 3. The van der Waals surface area contributed by atoms with Crippen LogP contribution in [0.15, 0.2) is 30.3 Å². The SMILES string of the molecule is CCCCCCOC1CCC(COc2ccc(C(=O)Oc3cc(F)c(C#N)c(F)c3)c(F)c2)CC1. The number of rotatable bonds is 11. The molecule has 1 saturated carbocycles. The van der Waals surface area contributed by atoms with Gasteiger partial charge in [0.05, 0.1) is 18.3 Å². The Hall–Kier alpha value is -3.05. The second kappa shape index (κ2) is 13.1. The zero-order chi connectivity index (χ0) is 25.2. The molecule has 0 atom stereocenters. The lowest BCUT2D eigenvalue weighted by molar-refractivity contribution is 0.0111. The zero-order valence-electron chi connectivity index (χ0n) is 19.8. The monoisotopic (exact) mass is 489 g/mol. The summed E-state index contributed by atoms with van der Waals surface area (Å²) >= 11 is 0. The quantitative estimate of drug-likeness (QED) is 0.199. The first-order valence-corrected chi connectivity index (χ1v) is 12.1. The number of carbonyl (C=O) groups is 1. The predicted octanol–water partition coefficient (Wildman–Crippen LogP) is 6.73. The van der Waals surface area contributed by atoms with Gasteiger partial charge in [-0.15, -0.1) is 0 Å². The maximum absolute atomic E-state index is 14.5. The number of hydrogen-bond acceptors (Lipinski definition) is 5. The molecule has 8 heteroatoms. The second-order valence-corrected chi connectivity index (χ2v) is 8.79. The number of nitrogens with zero attached hydrogens (tertiary/aromatic N) is 1. The molecule has 2 aromatic rings. The van der Waals surface area contributed by atoms with E-state index < -0.39 is 40.3 Å². The molecule has 0 aliphatic heterocycles. The molecule has 0 bridgehead atoms. The lowest BCUT2D eigenvalue weighted by atomic mass is 9.88. The van der Waals surface area contributed by atoms with Gasteiger partial charge in [-0.2, -0.15) is 5.26 Å². The van der Waals surface area contributed by atoms with Gasteiger partial charge in [-0.25, -0.2) is 18.0 Å². The van der Waals surface area contributed by atoms with Crippen molar-refractivity contribution in [2.75, 3.05) is 13.2 Å². The minimum Gasteiger partial charge on any atom is -0.493 e. The molecule has 35 heavy (non-hydrogen) atoms. The summed E-state index contributed by atoms with van der Waals surface area (Å²) in [7, 11) is 0. The first-order valence-electron chi connectivity index (χ1n) is 12.1. The number of benzene rings is 2. The van der Waals surface area contributed by atoms with Gasteiger partial charge in [-0.05, 0) is 50.2 Å². The number of unbranched alkanes of at least 4 members (excludes halogenated alkanes) is 3. The van der Waals surface area contributed by atoms with Gasteiger partial charge in [0.15, 0.2) is 0 Å². The van der Waals surface area contributed by atoms with Crippen LogP contribution in [0.4, 0.5) is 13.2 Å². The maximum atomic E-state index is 14.5. The second-order valence-electron chi connectivity index (χ2n) is 8.79. The fourth-order valence-corrected chi connectivity index (χ4v) is 4.09. The van der Waals surface area contributed by atoms with Crippen molar-refractivity contribution < 1.29 is 32.2 Å². The van der Waals surface area contributed by atoms with E-state index in [4.69, 9.17) is 19.5 Å². The van der Waals surface area contributed by atoms with Crippen molar-refractivity contribution in [2.45, 2.75) is 64.4 Å². The van der Waals surface area contributed by atoms with Crippen molar-refractivity contribution in [1.29, 1.82) is 5.26 Å². The number of hydrogen-bond donors (Lipinski definition) is 0. The molecule has 5 nitrogen and oxygen atoms in total. The highest BCUT2D eigenvalue weighted by atomic mass is 19.1. The highest BCUT2D eigenvalue weighted by molar-refractivity contribution is 5.91. The average Bonchev–Trinajstić information content (AvgIpc) is 2.83. The van der Waals surface area contributed by atoms with Crippen LogP contribution in [0.25, 0.3) is 0 Å². The number of nitriles is 1. The van der Waals surface area contributed by atoms with Gasteiger partial charge in [0, 0.05) is 24.8 Å². The standard InChI is InChI=1S/C27H30F3NO4/c1-2-3-4-5-12-33-19-8-6-18(7-9-19)17-34-20-10-11-22(24(28)13-20)27(32)35-21-14-25(29)23(16-31)26(30)15-21/h10-11,13-15,18-19H,2-9,12,17H2,1H3. The molecule has 2 aromatic carbocycles. The van der Waals surface area contributed by atoms with Crippen LogP contribution < -0.4 is 9.47 Å². The molecule has 3 rings (SSSR count). The van der Waals surface area contributed by atoms with Crippen molar-refractivity contribution in [3.8, 4) is 17.6 Å². The Labute approximate surface area is 203 Å². The van der Waals surface area contributed by atoms with Gasteiger partial charge in [0.1, 0.15) is 40.6 Å². The fraction of sp³-hybridized carbons (Fsp3) is 0.481. The van der Waals surface area contributed by atoms with Crippen molar-refractivity contribution in [2.24, 2.45) is 5.92 Å². The lowest BCUT2D eigenvalue weighted by Gasteiger charge is -2.28. The summed E-state index contributed by atoms with van der Waals surface area (Å²) in [6, 6.07) is 6.50. The molecule has 0 heterocycles. The Balaban J connectivity index is 1.46. The summed E-state index contributed by atoms with van der Waals surface area (Å²) in [6.45, 7) is 3.44. The Morgan fingerprint density at radius 2 is 1.66 bits per heavy atom. The van der Waals surface area contributed by atoms with Crippen LogP contribution in [0.2, 0.25) is 0 Å². The number of ether oxygens (including phenoxy) is 3. The predicted molar refractivity (Wildman–Crippen MR) is 124 cm³/mol. The minimum absolute atomic E-state index is 0.281. The molecule has 1 aliphatic rings. The molecule has 0 amide bonds. The first-order chi connectivity index (χ1) is 16.9. The summed E-state index contributed by atoms with van der Waals surface area (Å²) in [6.07, 6.45) is 8.99. The van der Waals surface area contributed by atoms with Crippen molar-refractivity contribution in [3.05, 3.63) is 58.9 Å². The molecule has 188 valence electrons. The summed E-state index contributed by atoms with van der Waals surface area (Å²) in [5.41, 5.74) is -1.19. The molecule has 0 aromatic heterocycles. The van der Waals surface area contributed by atoms with Gasteiger partial charge >= 0.3 is 5.97 Å². The largest absolute Gasteiger partial charge is 0.493 e. The van der Waals surface area contributed by atoms with E-state index in [-0.39, 0.29) is 5.75 Å². The molecule has 0 saturated heterocycles. The highest BCUT2D eigenvalue weighted by Gasteiger charge is 2.23.